The molecule has 1 aliphatic rings. The molecule has 4 heteroatoms. The molecule has 0 aromatic carbocycles. The summed E-state index contributed by atoms with van der Waals surface area (Å²) in [5.41, 5.74) is 0. The van der Waals surface area contributed by atoms with Crippen molar-refractivity contribution in [2.24, 2.45) is 5.92 Å². The predicted octanol–water partition coefficient (Wildman–Crippen LogP) is 1.59. The van der Waals surface area contributed by atoms with Gasteiger partial charge in [0.25, 0.3) is 0 Å². The molecular weight excluding hydrogens is 228 g/mol. The Morgan fingerprint density at radius 2 is 1.83 bits per heavy atom. The Balaban J connectivity index is 2.79. The first-order chi connectivity index (χ1) is 8.34. The van der Waals surface area contributed by atoms with Crippen LogP contribution < -0.4 is 5.32 Å². The highest BCUT2D eigenvalue weighted by Crippen LogP contribution is 2.20. The highest BCUT2D eigenvalue weighted by atomic mass is 16.2. The van der Waals surface area contributed by atoms with Gasteiger partial charge in [-0.2, -0.15) is 0 Å². The molecule has 0 aromatic rings. The van der Waals surface area contributed by atoms with Gasteiger partial charge >= 0.3 is 0 Å². The van der Waals surface area contributed by atoms with Crippen LogP contribution in [0.15, 0.2) is 0 Å². The summed E-state index contributed by atoms with van der Waals surface area (Å²) < 4.78 is 0. The van der Waals surface area contributed by atoms with Gasteiger partial charge in [0, 0.05) is 12.6 Å². The van der Waals surface area contributed by atoms with Crippen LogP contribution >= 0.6 is 0 Å². The van der Waals surface area contributed by atoms with E-state index in [9.17, 15) is 9.59 Å². The number of ketones is 1. The van der Waals surface area contributed by atoms with E-state index in [1.807, 2.05) is 27.7 Å². The second-order valence-corrected chi connectivity index (χ2v) is 5.84. The predicted molar refractivity (Wildman–Crippen MR) is 72.3 cm³/mol. The van der Waals surface area contributed by atoms with E-state index in [1.165, 1.54) is 0 Å². The van der Waals surface area contributed by atoms with Crippen molar-refractivity contribution in [3.05, 3.63) is 0 Å². The molecule has 4 nitrogen and oxygen atoms in total. The monoisotopic (exact) mass is 254 g/mol. The molecular formula is C14H26N2O2. The van der Waals surface area contributed by atoms with Crippen LogP contribution in [0.2, 0.25) is 0 Å². The molecule has 1 fully saturated rings. The first-order valence-corrected chi connectivity index (χ1v) is 6.91. The topological polar surface area (TPSA) is 49.4 Å². The number of nitrogens with zero attached hydrogens (tertiary/aromatic N) is 1. The Labute approximate surface area is 110 Å². The second kappa shape index (κ2) is 6.32. The molecule has 0 spiro atoms. The van der Waals surface area contributed by atoms with Crippen molar-refractivity contribution in [1.82, 2.24) is 10.2 Å². The van der Waals surface area contributed by atoms with Gasteiger partial charge < -0.3 is 10.2 Å². The quantitative estimate of drug-likeness (QED) is 0.810. The third-order valence-corrected chi connectivity index (χ3v) is 3.45. The van der Waals surface area contributed by atoms with Crippen LogP contribution in [-0.4, -0.2) is 41.3 Å². The number of nitrogens with one attached hydrogen (secondary N) is 1. The molecule has 18 heavy (non-hydrogen) atoms. The summed E-state index contributed by atoms with van der Waals surface area (Å²) in [6.07, 6.45) is 1.75. The molecule has 1 saturated heterocycles. The van der Waals surface area contributed by atoms with Crippen molar-refractivity contribution in [2.45, 2.75) is 65.6 Å². The average molecular weight is 254 g/mol. The number of hydrogen-bond donors (Lipinski definition) is 1. The van der Waals surface area contributed by atoms with E-state index in [-0.39, 0.29) is 35.7 Å². The third kappa shape index (κ3) is 3.55. The van der Waals surface area contributed by atoms with Crippen molar-refractivity contribution in [3.63, 3.8) is 0 Å². The van der Waals surface area contributed by atoms with E-state index < -0.39 is 0 Å². The average Bonchev–Trinajstić information content (AvgIpc) is 2.73. The molecule has 1 rings (SSSR count). The molecule has 104 valence electrons. The fourth-order valence-corrected chi connectivity index (χ4v) is 2.54. The molecule has 1 amide bonds. The highest BCUT2D eigenvalue weighted by molar-refractivity contribution is 5.90. The van der Waals surface area contributed by atoms with Crippen molar-refractivity contribution in [1.29, 1.82) is 0 Å². The van der Waals surface area contributed by atoms with E-state index in [2.05, 4.69) is 5.32 Å². The zero-order valence-corrected chi connectivity index (χ0v) is 12.2. The standard InChI is InChI=1S/C14H26N2O2/c1-9(2)13(15-10(3)4)14(18)16-8-6-7-12(16)11(5)17/h9-10,12-13,15H,6-8H2,1-5H3. The number of amides is 1. The molecule has 0 bridgehead atoms. The SMILES string of the molecule is CC(=O)C1CCCN1C(=O)C(NC(C)C)C(C)C. The van der Waals surface area contributed by atoms with Crippen LogP contribution in [0.1, 0.15) is 47.5 Å². The summed E-state index contributed by atoms with van der Waals surface area (Å²) in [5, 5.41) is 3.31. The van der Waals surface area contributed by atoms with Gasteiger partial charge in [-0.1, -0.05) is 27.7 Å². The maximum atomic E-state index is 12.5. The Hall–Kier alpha value is -0.900. The number of rotatable bonds is 5. The van der Waals surface area contributed by atoms with E-state index in [4.69, 9.17) is 0 Å². The van der Waals surface area contributed by atoms with E-state index in [0.717, 1.165) is 12.8 Å². The lowest BCUT2D eigenvalue weighted by molar-refractivity contribution is -0.139. The summed E-state index contributed by atoms with van der Waals surface area (Å²) >= 11 is 0. The zero-order chi connectivity index (χ0) is 13.9. The molecule has 0 saturated carbocycles. The molecule has 0 radical (unpaired) electrons. The minimum atomic E-state index is -0.201. The summed E-state index contributed by atoms with van der Waals surface area (Å²) in [4.78, 5) is 25.9. The lowest BCUT2D eigenvalue weighted by atomic mass is 10.0. The summed E-state index contributed by atoms with van der Waals surface area (Å²) in [5.74, 6) is 0.414. The van der Waals surface area contributed by atoms with E-state index in [0.29, 0.717) is 6.54 Å². The highest BCUT2D eigenvalue weighted by Gasteiger charge is 2.36. The van der Waals surface area contributed by atoms with Gasteiger partial charge in [0.2, 0.25) is 5.91 Å². The Morgan fingerprint density at radius 1 is 1.22 bits per heavy atom. The smallest absolute Gasteiger partial charge is 0.240 e. The molecule has 1 N–H and O–H groups in total. The summed E-state index contributed by atoms with van der Waals surface area (Å²) in [6.45, 7) is 10.4. The number of carbonyl (C=O) groups is 2. The molecule has 1 aliphatic heterocycles. The maximum Gasteiger partial charge on any atom is 0.240 e. The van der Waals surface area contributed by atoms with Gasteiger partial charge in [-0.15, -0.1) is 0 Å². The van der Waals surface area contributed by atoms with E-state index >= 15 is 0 Å². The lowest BCUT2D eigenvalue weighted by Gasteiger charge is -2.31. The first kappa shape index (κ1) is 15.2. The second-order valence-electron chi connectivity index (χ2n) is 5.84. The molecule has 2 atom stereocenters. The van der Waals surface area contributed by atoms with Gasteiger partial charge in [0.15, 0.2) is 5.78 Å². The van der Waals surface area contributed by atoms with Crippen LogP contribution in [0, 0.1) is 5.92 Å². The molecule has 2 unspecified atom stereocenters. The first-order valence-electron chi connectivity index (χ1n) is 6.91. The van der Waals surface area contributed by atoms with Gasteiger partial charge in [-0.05, 0) is 25.7 Å². The van der Waals surface area contributed by atoms with Gasteiger partial charge in [0.05, 0.1) is 12.1 Å². The fourth-order valence-electron chi connectivity index (χ4n) is 2.54. The Kier molecular flexibility index (Phi) is 5.32. The van der Waals surface area contributed by atoms with Gasteiger partial charge in [-0.3, -0.25) is 9.59 Å². The normalized spacial score (nSPS) is 21.7. The molecule has 1 heterocycles. The minimum Gasteiger partial charge on any atom is -0.331 e. The van der Waals surface area contributed by atoms with Crippen molar-refractivity contribution in [3.8, 4) is 0 Å². The van der Waals surface area contributed by atoms with E-state index in [1.54, 1.807) is 11.8 Å². The lowest BCUT2D eigenvalue weighted by Crippen LogP contribution is -2.53. The summed E-state index contributed by atoms with van der Waals surface area (Å²) in [6, 6.07) is -0.127. The largest absolute Gasteiger partial charge is 0.331 e. The Bertz CT molecular complexity index is 313. The van der Waals surface area contributed by atoms with Gasteiger partial charge in [0.1, 0.15) is 0 Å². The maximum absolute atomic E-state index is 12.5. The third-order valence-electron chi connectivity index (χ3n) is 3.45. The summed E-state index contributed by atoms with van der Waals surface area (Å²) in [7, 11) is 0. The zero-order valence-electron chi connectivity index (χ0n) is 12.2. The molecule has 0 aliphatic carbocycles. The number of carbonyl (C=O) groups excluding carboxylic acids is 2. The van der Waals surface area contributed by atoms with Crippen LogP contribution in [0.4, 0.5) is 0 Å². The van der Waals surface area contributed by atoms with Crippen molar-refractivity contribution >= 4 is 11.7 Å². The van der Waals surface area contributed by atoms with Crippen LogP contribution in [-0.2, 0) is 9.59 Å². The van der Waals surface area contributed by atoms with Crippen LogP contribution in [0.3, 0.4) is 0 Å². The number of Topliss-reactive ketones (excluding diaryl/α,β-unsaturated/α-hetero) is 1. The Morgan fingerprint density at radius 3 is 2.28 bits per heavy atom. The molecule has 0 aromatic heterocycles. The minimum absolute atomic E-state index is 0.0800. The van der Waals surface area contributed by atoms with Crippen LogP contribution in [0.25, 0.3) is 0 Å². The van der Waals surface area contributed by atoms with Crippen molar-refractivity contribution in [2.75, 3.05) is 6.54 Å². The van der Waals surface area contributed by atoms with Crippen LogP contribution in [0.5, 0.6) is 0 Å². The van der Waals surface area contributed by atoms with Crippen molar-refractivity contribution < 1.29 is 9.59 Å². The fraction of sp³-hybridized carbons (Fsp3) is 0.857. The van der Waals surface area contributed by atoms with Gasteiger partial charge in [-0.25, -0.2) is 0 Å². The number of likely N-dealkylation sites (tertiary alicyclic amines) is 1. The number of hydrogen-bond acceptors (Lipinski definition) is 3.